The van der Waals surface area contributed by atoms with E-state index in [0.717, 1.165) is 39.4 Å². The fourth-order valence-electron chi connectivity index (χ4n) is 6.60. The summed E-state index contributed by atoms with van der Waals surface area (Å²) < 4.78 is 26.4. The molecule has 4 heterocycles. The van der Waals surface area contributed by atoms with Crippen LogP contribution in [0.2, 0.25) is 0 Å². The second kappa shape index (κ2) is 14.7. The number of para-hydroxylation sites is 1. The molecule has 3 aliphatic heterocycles. The van der Waals surface area contributed by atoms with Crippen molar-refractivity contribution in [1.82, 2.24) is 24.7 Å². The van der Waals surface area contributed by atoms with Gasteiger partial charge >= 0.3 is 0 Å². The number of piperazine rings is 1. The molecular formula is C36H42FN9O3. The number of anilines is 2. The van der Waals surface area contributed by atoms with E-state index in [-0.39, 0.29) is 46.0 Å². The molecule has 3 fully saturated rings. The Bertz CT molecular complexity index is 1750. The molecule has 13 heteroatoms. The van der Waals surface area contributed by atoms with E-state index in [4.69, 9.17) is 20.6 Å². The molecule has 12 nitrogen and oxygen atoms in total. The Balaban J connectivity index is 1.13. The highest BCUT2D eigenvalue weighted by atomic mass is 19.1. The Morgan fingerprint density at radius 1 is 1.12 bits per heavy atom. The predicted octanol–water partition coefficient (Wildman–Crippen LogP) is 4.05. The van der Waals surface area contributed by atoms with Gasteiger partial charge in [-0.2, -0.15) is 5.26 Å². The van der Waals surface area contributed by atoms with Crippen LogP contribution in [0.25, 0.3) is 0 Å². The number of likely N-dealkylation sites (tertiary alicyclic amines) is 1. The molecule has 0 unspecified atom stereocenters. The second-order valence-corrected chi connectivity index (χ2v) is 13.2. The molecule has 0 aliphatic carbocycles. The van der Waals surface area contributed by atoms with E-state index < -0.39 is 11.4 Å². The molecule has 4 N–H and O–H groups in total. The third-order valence-corrected chi connectivity index (χ3v) is 9.48. The number of nitrogens with one attached hydrogen (secondary N) is 2. The largest absolute Gasteiger partial charge is 0.457 e. The van der Waals surface area contributed by atoms with Crippen LogP contribution in [0.4, 0.5) is 16.0 Å². The Labute approximate surface area is 285 Å². The van der Waals surface area contributed by atoms with Crippen molar-refractivity contribution in [2.75, 3.05) is 63.5 Å². The first kappa shape index (κ1) is 34.0. The molecule has 0 spiro atoms. The smallest absolute Gasteiger partial charge is 0.264 e. The van der Waals surface area contributed by atoms with E-state index >= 15 is 4.39 Å². The standard InChI is InChI=1S/C36H42FN9O3/c1-36(2,46-15-13-44(14-16-46)26-21-48-22-26)18-24(19-38)35(47)45-12-6-7-25(20-45)43-34-31(33(40)41-23-42-34)32(39)29-11-10-28(17-30(29)37)49-27-8-4-3-5-9-27/h3-5,8-11,17-18,23,25-26,39H,6-7,12-16,20-22H2,1-2H3,(H3,40,41,42,43)/b24-18+,39-32?/t25-/m1/s1. The van der Waals surface area contributed by atoms with Crippen molar-refractivity contribution in [3.63, 3.8) is 0 Å². The Morgan fingerprint density at radius 3 is 2.55 bits per heavy atom. The Hall–Kier alpha value is -4.90. The number of hydrogen-bond donors (Lipinski definition) is 3. The summed E-state index contributed by atoms with van der Waals surface area (Å²) in [5, 5.41) is 22.3. The fraction of sp³-hybridized carbons (Fsp3) is 0.417. The summed E-state index contributed by atoms with van der Waals surface area (Å²) in [6.45, 7) is 10.0. The number of carbonyl (C=O) groups is 1. The first-order chi connectivity index (χ1) is 23.6. The van der Waals surface area contributed by atoms with Crippen molar-refractivity contribution in [3.8, 4) is 17.6 Å². The lowest BCUT2D eigenvalue weighted by Crippen LogP contribution is -2.59. The molecule has 0 radical (unpaired) electrons. The molecule has 0 bridgehead atoms. The minimum absolute atomic E-state index is 0.00953. The number of piperidine rings is 1. The number of ether oxygens (including phenoxy) is 2. The maximum Gasteiger partial charge on any atom is 0.264 e. The van der Waals surface area contributed by atoms with Gasteiger partial charge in [-0.3, -0.25) is 20.0 Å². The van der Waals surface area contributed by atoms with Crippen LogP contribution in [-0.4, -0.2) is 106 Å². The van der Waals surface area contributed by atoms with E-state index in [1.807, 2.05) is 32.0 Å². The molecule has 1 atom stereocenters. The number of nitrogens with two attached hydrogens (primary N) is 1. The highest BCUT2D eigenvalue weighted by molar-refractivity contribution is 6.16. The van der Waals surface area contributed by atoms with Crippen molar-refractivity contribution >= 4 is 23.3 Å². The van der Waals surface area contributed by atoms with Gasteiger partial charge in [0.25, 0.3) is 5.91 Å². The van der Waals surface area contributed by atoms with E-state index in [9.17, 15) is 10.1 Å². The van der Waals surface area contributed by atoms with Gasteiger partial charge in [-0.25, -0.2) is 14.4 Å². The molecule has 2 aromatic carbocycles. The number of carbonyl (C=O) groups excluding carboxylic acids is 1. The molecule has 3 aliphatic rings. The zero-order valence-corrected chi connectivity index (χ0v) is 27.9. The first-order valence-corrected chi connectivity index (χ1v) is 16.6. The number of benzene rings is 2. The SMILES string of the molecule is CC(C)(/C=C(\C#N)C(=O)N1CCC[C@@H](Nc2ncnc(N)c2C(=N)c2ccc(Oc3ccccc3)cc2F)C1)N1CCN(C2COC2)CC1. The summed E-state index contributed by atoms with van der Waals surface area (Å²) in [5.41, 5.74) is 5.85. The van der Waals surface area contributed by atoms with Gasteiger partial charge in [-0.1, -0.05) is 18.2 Å². The molecule has 3 aromatic rings. The molecule has 3 saturated heterocycles. The van der Waals surface area contributed by atoms with Crippen LogP contribution in [0.1, 0.15) is 37.8 Å². The Morgan fingerprint density at radius 2 is 1.88 bits per heavy atom. The van der Waals surface area contributed by atoms with Gasteiger partial charge in [0.05, 0.1) is 30.5 Å². The van der Waals surface area contributed by atoms with Crippen molar-refractivity contribution in [3.05, 3.63) is 83.5 Å². The third-order valence-electron chi connectivity index (χ3n) is 9.48. The lowest BCUT2D eigenvalue weighted by Gasteiger charge is -2.46. The van der Waals surface area contributed by atoms with Crippen LogP contribution in [-0.2, 0) is 9.53 Å². The van der Waals surface area contributed by atoms with Gasteiger partial charge in [-0.15, -0.1) is 0 Å². The molecule has 1 amide bonds. The average molecular weight is 668 g/mol. The van der Waals surface area contributed by atoms with Crippen LogP contribution in [0.15, 0.2) is 66.5 Å². The van der Waals surface area contributed by atoms with Crippen LogP contribution in [0, 0.1) is 22.6 Å². The maximum atomic E-state index is 15.4. The molecule has 0 saturated carbocycles. The summed E-state index contributed by atoms with van der Waals surface area (Å²) >= 11 is 0. The zero-order chi connectivity index (χ0) is 34.5. The zero-order valence-electron chi connectivity index (χ0n) is 27.9. The maximum absolute atomic E-state index is 15.4. The summed E-state index contributed by atoms with van der Waals surface area (Å²) in [4.78, 5) is 28.6. The van der Waals surface area contributed by atoms with E-state index in [2.05, 4.69) is 31.2 Å². The highest BCUT2D eigenvalue weighted by Gasteiger charge is 2.35. The lowest BCUT2D eigenvalue weighted by molar-refractivity contribution is -0.127. The van der Waals surface area contributed by atoms with Gasteiger partial charge < -0.3 is 25.4 Å². The van der Waals surface area contributed by atoms with Gasteiger partial charge in [0.15, 0.2) is 0 Å². The number of hydrogen-bond acceptors (Lipinski definition) is 11. The summed E-state index contributed by atoms with van der Waals surface area (Å²) in [6, 6.07) is 15.7. The fourth-order valence-corrected chi connectivity index (χ4v) is 6.60. The number of nitrogens with zero attached hydrogens (tertiary/aromatic N) is 6. The van der Waals surface area contributed by atoms with E-state index in [0.29, 0.717) is 43.5 Å². The molecule has 6 rings (SSSR count). The lowest BCUT2D eigenvalue weighted by atomic mass is 9.96. The third kappa shape index (κ3) is 7.72. The normalized spacial score (nSPS) is 19.5. The molecule has 49 heavy (non-hydrogen) atoms. The van der Waals surface area contributed by atoms with Crippen molar-refractivity contribution < 1.29 is 18.7 Å². The Kier molecular flexibility index (Phi) is 10.2. The van der Waals surface area contributed by atoms with Crippen molar-refractivity contribution in [2.24, 2.45) is 0 Å². The number of nitrogen functional groups attached to an aromatic ring is 1. The van der Waals surface area contributed by atoms with E-state index in [1.165, 1.54) is 18.5 Å². The summed E-state index contributed by atoms with van der Waals surface area (Å²) in [6.07, 6.45) is 4.49. The van der Waals surface area contributed by atoms with Gasteiger partial charge in [0, 0.05) is 62.5 Å². The van der Waals surface area contributed by atoms with Crippen molar-refractivity contribution in [2.45, 2.75) is 44.3 Å². The van der Waals surface area contributed by atoms with Gasteiger partial charge in [0.2, 0.25) is 0 Å². The topological polar surface area (TPSA) is 157 Å². The van der Waals surface area contributed by atoms with Crippen LogP contribution >= 0.6 is 0 Å². The molecular weight excluding hydrogens is 625 g/mol. The minimum atomic E-state index is -0.657. The summed E-state index contributed by atoms with van der Waals surface area (Å²) in [7, 11) is 0. The highest BCUT2D eigenvalue weighted by Crippen LogP contribution is 2.29. The quantitative estimate of drug-likeness (QED) is 0.164. The van der Waals surface area contributed by atoms with E-state index in [1.54, 1.807) is 29.2 Å². The second-order valence-electron chi connectivity index (χ2n) is 13.2. The van der Waals surface area contributed by atoms with Crippen LogP contribution < -0.4 is 15.8 Å². The first-order valence-electron chi connectivity index (χ1n) is 16.6. The van der Waals surface area contributed by atoms with Crippen LogP contribution in [0.3, 0.4) is 0 Å². The van der Waals surface area contributed by atoms with Gasteiger partial charge in [0.1, 0.15) is 46.9 Å². The molecule has 1 aromatic heterocycles. The predicted molar refractivity (Wildman–Crippen MR) is 184 cm³/mol. The average Bonchev–Trinajstić information content (AvgIpc) is 3.07. The summed E-state index contributed by atoms with van der Waals surface area (Å²) in [5.74, 6) is 0.170. The number of nitriles is 1. The number of halogens is 1. The van der Waals surface area contributed by atoms with Crippen LogP contribution in [0.5, 0.6) is 11.5 Å². The number of rotatable bonds is 10. The van der Waals surface area contributed by atoms with Crippen molar-refractivity contribution in [1.29, 1.82) is 10.7 Å². The molecule has 256 valence electrons. The number of aromatic nitrogens is 2. The van der Waals surface area contributed by atoms with Gasteiger partial charge in [-0.05, 0) is 57.0 Å². The number of amides is 1. The monoisotopic (exact) mass is 667 g/mol. The minimum Gasteiger partial charge on any atom is -0.457 e.